The molecule has 0 aromatic carbocycles. The number of Topliss-reactive ketones (excluding diaryl/α,β-unsaturated/α-hetero) is 1. The topological polar surface area (TPSA) is 73.3 Å². The molecule has 5 fully saturated rings. The van der Waals surface area contributed by atoms with Gasteiger partial charge in [-0.15, -0.1) is 0 Å². The predicted molar refractivity (Wildman–Crippen MR) is 155 cm³/mol. The molecule has 0 unspecified atom stereocenters. The maximum atomic E-state index is 13.9. The molecule has 39 heavy (non-hydrogen) atoms. The summed E-state index contributed by atoms with van der Waals surface area (Å²) in [5, 5.41) is 0. The summed E-state index contributed by atoms with van der Waals surface area (Å²) in [6.45, 7) is 18.6. The average molecular weight is 532 g/mol. The van der Waals surface area contributed by atoms with Gasteiger partial charge in [-0.2, -0.15) is 0 Å². The molecule has 1 heterocycles. The maximum absolute atomic E-state index is 13.9. The lowest BCUT2D eigenvalue weighted by atomic mass is 9.32. The van der Waals surface area contributed by atoms with Gasteiger partial charge in [0.25, 0.3) is 0 Å². The van der Waals surface area contributed by atoms with Gasteiger partial charge in [0.2, 0.25) is 5.91 Å². The van der Waals surface area contributed by atoms with Crippen LogP contribution >= 0.6 is 0 Å². The number of allylic oxidation sites excluding steroid dienone is 2. The third kappa shape index (κ3) is 3.35. The smallest absolute Gasteiger partial charge is 0.223 e. The molecule has 5 aliphatic rings. The molecule has 4 nitrogen and oxygen atoms in total. The number of furan rings is 1. The van der Waals surface area contributed by atoms with Crippen molar-refractivity contribution in [2.24, 2.45) is 62.4 Å². The van der Waals surface area contributed by atoms with Gasteiger partial charge in [0.05, 0.1) is 11.7 Å². The fraction of sp³-hybridized carbons (Fsp3) is 0.714. The first kappa shape index (κ1) is 27.1. The van der Waals surface area contributed by atoms with Crippen molar-refractivity contribution in [3.63, 3.8) is 0 Å². The minimum atomic E-state index is -0.394. The van der Waals surface area contributed by atoms with Crippen LogP contribution in [-0.2, 0) is 9.59 Å². The first-order chi connectivity index (χ1) is 18.2. The molecule has 2 N–H and O–H groups in total. The zero-order valence-electron chi connectivity index (χ0n) is 25.1. The van der Waals surface area contributed by atoms with E-state index in [1.807, 2.05) is 18.2 Å². The molecule has 6 rings (SSSR count). The Labute approximate surface area is 235 Å². The SMILES string of the molecule is C=C(C)[C@@H]1CC[C@]2(C(N)=O)CC[C@]3(C)[C@H](CC[C@@H]4[C@@]5(C)C/C(=C/c6ccco6)C(=O)C(C)(C)[C@@H]5CC[C@]43C)[C@@H]12. The molecule has 1 amide bonds. The second-order valence-corrected chi connectivity index (χ2v) is 15.6. The fourth-order valence-electron chi connectivity index (χ4n) is 12.1. The van der Waals surface area contributed by atoms with E-state index in [0.717, 1.165) is 69.1 Å². The van der Waals surface area contributed by atoms with Gasteiger partial charge in [0.1, 0.15) is 5.76 Å². The van der Waals surface area contributed by atoms with Crippen LogP contribution in [0.2, 0.25) is 0 Å². The quantitative estimate of drug-likeness (QED) is 0.317. The third-order valence-electron chi connectivity index (χ3n) is 14.0. The molecule has 212 valence electrons. The number of nitrogens with two attached hydrogens (primary N) is 1. The van der Waals surface area contributed by atoms with Crippen LogP contribution < -0.4 is 5.73 Å². The lowest BCUT2D eigenvalue weighted by Crippen LogP contribution is -2.67. The first-order valence-corrected chi connectivity index (χ1v) is 15.5. The third-order valence-corrected chi connectivity index (χ3v) is 14.0. The Balaban J connectivity index is 1.42. The number of hydrogen-bond acceptors (Lipinski definition) is 3. The number of carbonyl (C=O) groups excluding carboxylic acids is 2. The monoisotopic (exact) mass is 531 g/mol. The Morgan fingerprint density at radius 3 is 2.38 bits per heavy atom. The van der Waals surface area contributed by atoms with E-state index in [9.17, 15) is 9.59 Å². The van der Waals surface area contributed by atoms with Gasteiger partial charge in [0, 0.05) is 5.41 Å². The van der Waals surface area contributed by atoms with E-state index in [-0.39, 0.29) is 27.6 Å². The molecule has 0 radical (unpaired) electrons. The van der Waals surface area contributed by atoms with E-state index in [0.29, 0.717) is 35.4 Å². The van der Waals surface area contributed by atoms with Crippen molar-refractivity contribution < 1.29 is 14.0 Å². The summed E-state index contributed by atoms with van der Waals surface area (Å²) in [6, 6.07) is 3.84. The van der Waals surface area contributed by atoms with Crippen molar-refractivity contribution in [1.82, 2.24) is 0 Å². The Bertz CT molecular complexity index is 1240. The summed E-state index contributed by atoms with van der Waals surface area (Å²) >= 11 is 0. The molecule has 0 aliphatic heterocycles. The van der Waals surface area contributed by atoms with Crippen LogP contribution in [0.1, 0.15) is 105 Å². The predicted octanol–water partition coefficient (Wildman–Crippen LogP) is 7.98. The summed E-state index contributed by atoms with van der Waals surface area (Å²) < 4.78 is 5.66. The standard InChI is InChI=1S/C35H49NO3/c1-21(2)24-12-15-35(30(36)38)17-16-33(6)25(28(24)35)10-11-27-32(5)20-22(19-23-9-8-18-39-23)29(37)31(3,4)26(32)13-14-34(27,33)7/h8-9,18-19,24-28H,1,10-17,20H2,2-7H3,(H2,36,38)/b22-19-/t24-,25+,26-,27+,28+,32-,33+,34+,35-/m0/s1. The number of rotatable bonds is 3. The highest BCUT2D eigenvalue weighted by Crippen LogP contribution is 2.77. The van der Waals surface area contributed by atoms with E-state index in [1.54, 1.807) is 6.26 Å². The van der Waals surface area contributed by atoms with Gasteiger partial charge in [-0.1, -0.05) is 46.8 Å². The van der Waals surface area contributed by atoms with Crippen LogP contribution in [0.5, 0.6) is 0 Å². The van der Waals surface area contributed by atoms with E-state index >= 15 is 0 Å². The van der Waals surface area contributed by atoms with Gasteiger partial charge in [-0.3, -0.25) is 9.59 Å². The number of carbonyl (C=O) groups is 2. The lowest BCUT2D eigenvalue weighted by Gasteiger charge is -2.72. The largest absolute Gasteiger partial charge is 0.465 e. The van der Waals surface area contributed by atoms with Crippen LogP contribution in [-0.4, -0.2) is 11.7 Å². The Morgan fingerprint density at radius 1 is 1.00 bits per heavy atom. The van der Waals surface area contributed by atoms with Crippen molar-refractivity contribution in [2.75, 3.05) is 0 Å². The van der Waals surface area contributed by atoms with Crippen molar-refractivity contribution >= 4 is 17.8 Å². The van der Waals surface area contributed by atoms with Crippen LogP contribution in [0, 0.1) is 56.7 Å². The molecule has 4 heteroatoms. The molecular weight excluding hydrogens is 482 g/mol. The fourth-order valence-corrected chi connectivity index (χ4v) is 12.1. The summed E-state index contributed by atoms with van der Waals surface area (Å²) in [5.41, 5.74) is 7.98. The Morgan fingerprint density at radius 2 is 1.74 bits per heavy atom. The first-order valence-electron chi connectivity index (χ1n) is 15.5. The minimum absolute atomic E-state index is 0.0401. The molecule has 0 saturated heterocycles. The summed E-state index contributed by atoms with van der Waals surface area (Å²) in [5.74, 6) is 3.09. The molecule has 1 aromatic heterocycles. The second kappa shape index (κ2) is 8.46. The van der Waals surface area contributed by atoms with Crippen molar-refractivity contribution in [3.8, 4) is 0 Å². The molecule has 9 atom stereocenters. The van der Waals surface area contributed by atoms with Crippen LogP contribution in [0.4, 0.5) is 0 Å². The molecule has 5 aliphatic carbocycles. The lowest BCUT2D eigenvalue weighted by molar-refractivity contribution is -0.229. The number of amides is 1. The van der Waals surface area contributed by atoms with Gasteiger partial charge in [-0.05, 0) is 134 Å². The maximum Gasteiger partial charge on any atom is 0.223 e. The Kier molecular flexibility index (Phi) is 5.88. The number of hydrogen-bond donors (Lipinski definition) is 1. The zero-order valence-corrected chi connectivity index (χ0v) is 25.1. The van der Waals surface area contributed by atoms with Gasteiger partial charge < -0.3 is 10.2 Å². The second-order valence-electron chi connectivity index (χ2n) is 15.6. The molecule has 0 bridgehead atoms. The normalized spacial score (nSPS) is 47.6. The number of ketones is 1. The molecule has 5 saturated carbocycles. The van der Waals surface area contributed by atoms with Gasteiger partial charge in [0.15, 0.2) is 5.78 Å². The number of primary amides is 1. The van der Waals surface area contributed by atoms with E-state index in [1.165, 1.54) is 5.57 Å². The average Bonchev–Trinajstić information content (AvgIpc) is 3.51. The van der Waals surface area contributed by atoms with E-state index in [2.05, 4.69) is 48.1 Å². The van der Waals surface area contributed by atoms with E-state index < -0.39 is 5.41 Å². The van der Waals surface area contributed by atoms with Crippen molar-refractivity contribution in [2.45, 2.75) is 99.3 Å². The molecule has 1 aromatic rings. The van der Waals surface area contributed by atoms with Gasteiger partial charge in [-0.25, -0.2) is 0 Å². The summed E-state index contributed by atoms with van der Waals surface area (Å²) in [6.07, 6.45) is 13.1. The number of fused-ring (bicyclic) bond motifs is 7. The highest BCUT2D eigenvalue weighted by Gasteiger charge is 2.72. The minimum Gasteiger partial charge on any atom is -0.465 e. The van der Waals surface area contributed by atoms with Crippen LogP contribution in [0.25, 0.3) is 6.08 Å². The summed E-state index contributed by atoms with van der Waals surface area (Å²) in [7, 11) is 0. The van der Waals surface area contributed by atoms with Crippen molar-refractivity contribution in [3.05, 3.63) is 41.9 Å². The van der Waals surface area contributed by atoms with Crippen LogP contribution in [0.15, 0.2) is 40.5 Å². The molecular formula is C35H49NO3. The van der Waals surface area contributed by atoms with Crippen LogP contribution in [0.3, 0.4) is 0 Å². The Hall–Kier alpha value is -2.10. The highest BCUT2D eigenvalue weighted by atomic mass is 16.3. The van der Waals surface area contributed by atoms with Crippen molar-refractivity contribution in [1.29, 1.82) is 0 Å². The van der Waals surface area contributed by atoms with E-state index in [4.69, 9.17) is 10.2 Å². The molecule has 0 spiro atoms. The summed E-state index contributed by atoms with van der Waals surface area (Å²) in [4.78, 5) is 27.0. The highest BCUT2D eigenvalue weighted by molar-refractivity contribution is 6.04. The zero-order chi connectivity index (χ0) is 28.2. The van der Waals surface area contributed by atoms with Gasteiger partial charge >= 0.3 is 0 Å².